The summed E-state index contributed by atoms with van der Waals surface area (Å²) in [4.78, 5) is 0. The van der Waals surface area contributed by atoms with Gasteiger partial charge in [0.25, 0.3) is 0 Å². The van der Waals surface area contributed by atoms with Crippen molar-refractivity contribution in [2.24, 2.45) is 5.73 Å². The number of halogens is 2. The quantitative estimate of drug-likeness (QED) is 0.783. The number of rotatable bonds is 3. The average Bonchev–Trinajstić information content (AvgIpc) is 2.11. The van der Waals surface area contributed by atoms with Crippen molar-refractivity contribution in [3.8, 4) is 5.75 Å². The van der Waals surface area contributed by atoms with E-state index in [0.29, 0.717) is 6.61 Å². The van der Waals surface area contributed by atoms with Crippen LogP contribution in [-0.2, 0) is 6.54 Å². The Morgan fingerprint density at radius 3 is 2.62 bits per heavy atom. The van der Waals surface area contributed by atoms with Crippen LogP contribution in [0.2, 0.25) is 0 Å². The van der Waals surface area contributed by atoms with Gasteiger partial charge in [-0.25, -0.2) is 8.78 Å². The Balaban J connectivity index is 3.11. The van der Waals surface area contributed by atoms with Crippen molar-refractivity contribution in [2.75, 3.05) is 6.61 Å². The zero-order valence-corrected chi connectivity index (χ0v) is 7.31. The average molecular weight is 187 g/mol. The lowest BCUT2D eigenvalue weighted by atomic mass is 10.2. The molecule has 2 N–H and O–H groups in total. The molecule has 0 spiro atoms. The lowest BCUT2D eigenvalue weighted by Crippen LogP contribution is -2.05. The predicted molar refractivity (Wildman–Crippen MR) is 45.4 cm³/mol. The molecular formula is C9H11F2NO. The van der Waals surface area contributed by atoms with E-state index in [1.165, 1.54) is 6.07 Å². The minimum absolute atomic E-state index is 0.0457. The van der Waals surface area contributed by atoms with Crippen molar-refractivity contribution in [1.29, 1.82) is 0 Å². The topological polar surface area (TPSA) is 35.2 Å². The van der Waals surface area contributed by atoms with Crippen molar-refractivity contribution in [3.63, 3.8) is 0 Å². The van der Waals surface area contributed by atoms with Crippen LogP contribution < -0.4 is 10.5 Å². The molecule has 72 valence electrons. The second kappa shape index (κ2) is 4.18. The summed E-state index contributed by atoms with van der Waals surface area (Å²) >= 11 is 0. The van der Waals surface area contributed by atoms with Gasteiger partial charge < -0.3 is 10.5 Å². The number of hydrogen-bond acceptors (Lipinski definition) is 2. The van der Waals surface area contributed by atoms with Gasteiger partial charge in [0.2, 0.25) is 0 Å². The smallest absolute Gasteiger partial charge is 0.172 e. The van der Waals surface area contributed by atoms with Crippen LogP contribution in [0.5, 0.6) is 5.75 Å². The summed E-state index contributed by atoms with van der Waals surface area (Å²) in [7, 11) is 0. The molecule has 0 aliphatic carbocycles. The maximum Gasteiger partial charge on any atom is 0.172 e. The van der Waals surface area contributed by atoms with Crippen LogP contribution in [-0.4, -0.2) is 6.61 Å². The maximum absolute atomic E-state index is 13.3. The van der Waals surface area contributed by atoms with Gasteiger partial charge >= 0.3 is 0 Å². The molecule has 0 aromatic heterocycles. The molecule has 0 atom stereocenters. The summed E-state index contributed by atoms with van der Waals surface area (Å²) in [6.07, 6.45) is 0. The standard InChI is InChI=1S/C9H11F2NO/c1-2-13-8-4-3-7(10)6(5-12)9(8)11/h3-4H,2,5,12H2,1H3. The first-order valence-corrected chi connectivity index (χ1v) is 4.00. The maximum atomic E-state index is 13.3. The fraction of sp³-hybridized carbons (Fsp3) is 0.333. The minimum atomic E-state index is -0.704. The third-order valence-corrected chi connectivity index (χ3v) is 1.65. The number of ether oxygens (including phenoxy) is 1. The Morgan fingerprint density at radius 1 is 1.38 bits per heavy atom. The highest BCUT2D eigenvalue weighted by molar-refractivity contribution is 5.32. The molecule has 0 aliphatic heterocycles. The molecule has 0 bridgehead atoms. The van der Waals surface area contributed by atoms with Crippen molar-refractivity contribution in [2.45, 2.75) is 13.5 Å². The second-order valence-electron chi connectivity index (χ2n) is 2.48. The predicted octanol–water partition coefficient (Wildman–Crippen LogP) is 1.82. The summed E-state index contributed by atoms with van der Waals surface area (Å²) in [5.41, 5.74) is 5.05. The fourth-order valence-electron chi connectivity index (χ4n) is 1.03. The zero-order chi connectivity index (χ0) is 9.84. The van der Waals surface area contributed by atoms with Gasteiger partial charge in [0.15, 0.2) is 11.6 Å². The summed E-state index contributed by atoms with van der Waals surface area (Å²) in [6.45, 7) is 1.90. The Morgan fingerprint density at radius 2 is 2.08 bits per heavy atom. The summed E-state index contributed by atoms with van der Waals surface area (Å²) in [5.74, 6) is -1.29. The van der Waals surface area contributed by atoms with Crippen molar-refractivity contribution in [3.05, 3.63) is 29.3 Å². The van der Waals surface area contributed by atoms with Gasteiger partial charge in [-0.05, 0) is 19.1 Å². The SMILES string of the molecule is CCOc1ccc(F)c(CN)c1F. The Labute approximate surface area is 75.3 Å². The van der Waals surface area contributed by atoms with Crippen LogP contribution in [0.25, 0.3) is 0 Å². The molecule has 0 amide bonds. The van der Waals surface area contributed by atoms with E-state index in [4.69, 9.17) is 10.5 Å². The monoisotopic (exact) mass is 187 g/mol. The van der Waals surface area contributed by atoms with Crippen LogP contribution in [0, 0.1) is 11.6 Å². The third-order valence-electron chi connectivity index (χ3n) is 1.65. The first-order valence-electron chi connectivity index (χ1n) is 4.00. The van der Waals surface area contributed by atoms with Crippen molar-refractivity contribution >= 4 is 0 Å². The van der Waals surface area contributed by atoms with Crippen molar-refractivity contribution in [1.82, 2.24) is 0 Å². The lowest BCUT2D eigenvalue weighted by molar-refractivity contribution is 0.318. The fourth-order valence-corrected chi connectivity index (χ4v) is 1.03. The molecule has 0 heterocycles. The van der Waals surface area contributed by atoms with Gasteiger partial charge in [0.05, 0.1) is 6.61 Å². The third kappa shape index (κ3) is 1.95. The molecule has 0 saturated heterocycles. The number of nitrogens with two attached hydrogens (primary N) is 1. The molecule has 2 nitrogen and oxygen atoms in total. The molecule has 1 aromatic carbocycles. The first kappa shape index (κ1) is 9.92. The van der Waals surface area contributed by atoms with E-state index in [0.717, 1.165) is 6.07 Å². The van der Waals surface area contributed by atoms with Gasteiger partial charge in [-0.3, -0.25) is 0 Å². The number of hydrogen-bond donors (Lipinski definition) is 1. The molecule has 0 radical (unpaired) electrons. The van der Waals surface area contributed by atoms with Gasteiger partial charge in [-0.1, -0.05) is 0 Å². The van der Waals surface area contributed by atoms with Crippen LogP contribution in [0.15, 0.2) is 12.1 Å². The van der Waals surface area contributed by atoms with Crippen molar-refractivity contribution < 1.29 is 13.5 Å². The highest BCUT2D eigenvalue weighted by Crippen LogP contribution is 2.22. The Bertz CT molecular complexity index is 302. The van der Waals surface area contributed by atoms with Crippen LogP contribution in [0.1, 0.15) is 12.5 Å². The van der Waals surface area contributed by atoms with E-state index in [1.807, 2.05) is 0 Å². The molecule has 1 aromatic rings. The summed E-state index contributed by atoms with van der Waals surface area (Å²) in [6, 6.07) is 2.41. The molecule has 13 heavy (non-hydrogen) atoms. The zero-order valence-electron chi connectivity index (χ0n) is 7.31. The van der Waals surface area contributed by atoms with Gasteiger partial charge in [0, 0.05) is 12.1 Å². The molecule has 1 rings (SSSR count). The van der Waals surface area contributed by atoms with E-state index in [1.54, 1.807) is 6.92 Å². The van der Waals surface area contributed by atoms with Gasteiger partial charge in [0.1, 0.15) is 5.82 Å². The molecular weight excluding hydrogens is 176 g/mol. The lowest BCUT2D eigenvalue weighted by Gasteiger charge is -2.07. The van der Waals surface area contributed by atoms with E-state index in [2.05, 4.69) is 0 Å². The molecule has 0 saturated carbocycles. The van der Waals surface area contributed by atoms with E-state index >= 15 is 0 Å². The minimum Gasteiger partial charge on any atom is -0.491 e. The van der Waals surface area contributed by atoms with Crippen LogP contribution in [0.4, 0.5) is 8.78 Å². The highest BCUT2D eigenvalue weighted by Gasteiger charge is 2.12. The number of benzene rings is 1. The Kier molecular flexibility index (Phi) is 3.19. The highest BCUT2D eigenvalue weighted by atomic mass is 19.1. The van der Waals surface area contributed by atoms with E-state index < -0.39 is 11.6 Å². The van der Waals surface area contributed by atoms with E-state index in [-0.39, 0.29) is 17.9 Å². The van der Waals surface area contributed by atoms with E-state index in [9.17, 15) is 8.78 Å². The second-order valence-corrected chi connectivity index (χ2v) is 2.48. The normalized spacial score (nSPS) is 10.2. The van der Waals surface area contributed by atoms with Gasteiger partial charge in [-0.15, -0.1) is 0 Å². The first-order chi connectivity index (χ1) is 6.20. The van der Waals surface area contributed by atoms with Crippen LogP contribution in [0.3, 0.4) is 0 Å². The summed E-state index contributed by atoms with van der Waals surface area (Å²) < 4.78 is 31.1. The molecule has 0 fully saturated rings. The molecule has 0 unspecified atom stereocenters. The molecule has 4 heteroatoms. The molecule has 0 aliphatic rings. The largest absolute Gasteiger partial charge is 0.491 e. The summed E-state index contributed by atoms with van der Waals surface area (Å²) in [5, 5.41) is 0. The van der Waals surface area contributed by atoms with Gasteiger partial charge in [-0.2, -0.15) is 0 Å². The van der Waals surface area contributed by atoms with Crippen LogP contribution >= 0.6 is 0 Å². The Hall–Kier alpha value is -1.16.